The number of terminal acetylenes is 1. The molecule has 0 aliphatic heterocycles. The topological polar surface area (TPSA) is 102 Å². The molecule has 2 aliphatic rings. The van der Waals surface area contributed by atoms with E-state index in [2.05, 4.69) is 30.4 Å². The number of aryl methyl sites for hydroxylation is 2. The quantitative estimate of drug-likeness (QED) is 0.236. The van der Waals surface area contributed by atoms with Crippen LogP contribution in [0.25, 0.3) is 0 Å². The van der Waals surface area contributed by atoms with Crippen molar-refractivity contribution >= 4 is 17.5 Å². The summed E-state index contributed by atoms with van der Waals surface area (Å²) in [7, 11) is 1.58. The summed E-state index contributed by atoms with van der Waals surface area (Å²) >= 11 is 0. The van der Waals surface area contributed by atoms with Gasteiger partial charge >= 0.3 is 0 Å². The van der Waals surface area contributed by atoms with Gasteiger partial charge in [-0.2, -0.15) is 0 Å². The number of unbranched alkanes of at least 4 members (excludes halogenated alkanes) is 2. The maximum Gasteiger partial charge on any atom is 0.263 e. The van der Waals surface area contributed by atoms with Crippen molar-refractivity contribution in [2.24, 2.45) is 0 Å². The van der Waals surface area contributed by atoms with Gasteiger partial charge in [-0.15, -0.1) is 6.42 Å². The number of benzene rings is 1. The van der Waals surface area contributed by atoms with Crippen LogP contribution in [0.15, 0.2) is 46.0 Å². The summed E-state index contributed by atoms with van der Waals surface area (Å²) in [6.07, 6.45) is 22.5. The minimum absolute atomic E-state index is 0.123. The molecule has 2 N–H and O–H groups in total. The maximum atomic E-state index is 13.2. The van der Waals surface area contributed by atoms with Crippen LogP contribution in [0.1, 0.15) is 140 Å². The van der Waals surface area contributed by atoms with Crippen LogP contribution in [-0.2, 0) is 38.8 Å². The number of pyridine rings is 2. The van der Waals surface area contributed by atoms with Crippen molar-refractivity contribution in [3.05, 3.63) is 96.3 Å². The van der Waals surface area contributed by atoms with Crippen molar-refractivity contribution in [2.75, 3.05) is 12.4 Å². The van der Waals surface area contributed by atoms with Crippen molar-refractivity contribution in [2.45, 2.75) is 130 Å². The lowest BCUT2D eigenvalue weighted by Gasteiger charge is -2.21. The number of amides is 2. The van der Waals surface area contributed by atoms with E-state index in [1.165, 1.54) is 36.9 Å². The molecular weight excluding hydrogens is 612 g/mol. The molecule has 0 saturated heterocycles. The van der Waals surface area contributed by atoms with E-state index in [4.69, 9.17) is 6.42 Å². The normalized spacial score (nSPS) is 14.2. The van der Waals surface area contributed by atoms with Crippen LogP contribution in [0.4, 0.5) is 5.69 Å². The predicted octanol–water partition coefficient (Wildman–Crippen LogP) is 7.21. The molecule has 0 unspecified atom stereocenters. The fourth-order valence-corrected chi connectivity index (χ4v) is 6.92. The van der Waals surface area contributed by atoms with Crippen LogP contribution in [0.5, 0.6) is 0 Å². The summed E-state index contributed by atoms with van der Waals surface area (Å²) in [6, 6.07) is 10.8. The summed E-state index contributed by atoms with van der Waals surface area (Å²) in [4.78, 5) is 50.7. The molecule has 3 aromatic rings. The number of anilines is 1. The molecule has 0 atom stereocenters. The fourth-order valence-electron chi connectivity index (χ4n) is 6.92. The Labute approximate surface area is 291 Å². The van der Waals surface area contributed by atoms with E-state index in [-0.39, 0.29) is 28.5 Å². The highest BCUT2D eigenvalue weighted by molar-refractivity contribution is 6.04. The number of aromatic nitrogens is 2. The predicted molar refractivity (Wildman–Crippen MR) is 199 cm³/mol. The first-order valence-corrected chi connectivity index (χ1v) is 18.4. The van der Waals surface area contributed by atoms with Gasteiger partial charge in [0.1, 0.15) is 11.1 Å². The summed E-state index contributed by atoms with van der Waals surface area (Å²) in [5.74, 6) is 1.93. The van der Waals surface area contributed by atoms with Gasteiger partial charge < -0.3 is 19.8 Å². The fraction of sp³-hybridized carbons (Fsp3) is 0.512. The van der Waals surface area contributed by atoms with Crippen molar-refractivity contribution in [3.63, 3.8) is 0 Å². The molecule has 262 valence electrons. The van der Waals surface area contributed by atoms with Gasteiger partial charge in [-0.3, -0.25) is 19.2 Å². The van der Waals surface area contributed by atoms with E-state index >= 15 is 0 Å². The smallest absolute Gasteiger partial charge is 0.263 e. The highest BCUT2D eigenvalue weighted by Crippen LogP contribution is 2.22. The van der Waals surface area contributed by atoms with E-state index < -0.39 is 0 Å². The number of fused-ring (bicyclic) bond motifs is 2. The molecule has 5 rings (SSSR count). The molecule has 2 aliphatic carbocycles. The van der Waals surface area contributed by atoms with Crippen molar-refractivity contribution < 1.29 is 9.59 Å². The second-order valence-electron chi connectivity index (χ2n) is 13.3. The average molecular weight is 667 g/mol. The molecule has 49 heavy (non-hydrogen) atoms. The first-order valence-electron chi connectivity index (χ1n) is 18.4. The lowest BCUT2D eigenvalue weighted by atomic mass is 9.95. The van der Waals surface area contributed by atoms with E-state index in [0.717, 1.165) is 94.9 Å². The van der Waals surface area contributed by atoms with Gasteiger partial charge in [0.2, 0.25) is 0 Å². The zero-order valence-electron chi connectivity index (χ0n) is 29.8. The Morgan fingerprint density at radius 1 is 0.714 bits per heavy atom. The van der Waals surface area contributed by atoms with Crippen LogP contribution in [0.3, 0.4) is 0 Å². The average Bonchev–Trinajstić information content (AvgIpc) is 3.08. The molecule has 0 bridgehead atoms. The maximum absolute atomic E-state index is 13.2. The molecule has 8 heteroatoms. The van der Waals surface area contributed by atoms with Crippen LogP contribution >= 0.6 is 0 Å². The Morgan fingerprint density at radius 3 is 1.67 bits per heavy atom. The van der Waals surface area contributed by atoms with Gasteiger partial charge in [0, 0.05) is 42.8 Å². The number of rotatable bonds is 9. The zero-order chi connectivity index (χ0) is 35.2. The third-order valence-corrected chi connectivity index (χ3v) is 9.67. The van der Waals surface area contributed by atoms with Gasteiger partial charge in [-0.1, -0.05) is 64.4 Å². The number of carbonyl (C=O) groups excluding carboxylic acids is 2. The lowest BCUT2D eigenvalue weighted by Crippen LogP contribution is -2.34. The number of nitrogens with one attached hydrogen (secondary N) is 2. The van der Waals surface area contributed by atoms with Crippen LogP contribution in [0, 0.1) is 12.3 Å². The van der Waals surface area contributed by atoms with Gasteiger partial charge in [-0.05, 0) is 106 Å². The first kappa shape index (κ1) is 37.4. The summed E-state index contributed by atoms with van der Waals surface area (Å²) in [5, 5.41) is 5.43. The second kappa shape index (κ2) is 19.0. The third kappa shape index (κ3) is 9.84. The Bertz CT molecular complexity index is 1760. The van der Waals surface area contributed by atoms with E-state index in [0.29, 0.717) is 23.4 Å². The summed E-state index contributed by atoms with van der Waals surface area (Å²) in [5.41, 5.74) is 6.16. The minimum atomic E-state index is -0.366. The van der Waals surface area contributed by atoms with Gasteiger partial charge in [0.05, 0.1) is 0 Å². The summed E-state index contributed by atoms with van der Waals surface area (Å²) < 4.78 is 3.73. The van der Waals surface area contributed by atoms with E-state index in [9.17, 15) is 19.2 Å². The van der Waals surface area contributed by atoms with Gasteiger partial charge in [-0.25, -0.2) is 0 Å². The monoisotopic (exact) mass is 666 g/mol. The molecule has 0 spiro atoms. The number of hydrogen-bond donors (Lipinski definition) is 2. The highest BCUT2D eigenvalue weighted by Gasteiger charge is 2.21. The van der Waals surface area contributed by atoms with Crippen LogP contribution in [-0.4, -0.2) is 28.0 Å². The van der Waals surface area contributed by atoms with Gasteiger partial charge in [0.15, 0.2) is 0 Å². The molecule has 8 nitrogen and oxygen atoms in total. The number of nitrogens with zero attached hydrogens (tertiary/aromatic N) is 2. The molecule has 0 fully saturated rings. The first-order chi connectivity index (χ1) is 23.8. The zero-order valence-corrected chi connectivity index (χ0v) is 29.8. The van der Waals surface area contributed by atoms with Crippen molar-refractivity contribution in [1.82, 2.24) is 14.5 Å². The largest absolute Gasteiger partial charge is 0.355 e. The highest BCUT2D eigenvalue weighted by atomic mass is 16.2. The summed E-state index contributed by atoms with van der Waals surface area (Å²) in [6.45, 7) is 5.63. The molecule has 1 aromatic carbocycles. The Hall–Kier alpha value is -4.38. The Balaban J connectivity index is 0.000000230. The standard InChI is InChI=1S/C24H28N2O2.C17H26N2O2/c1-3-5-15-26-22-14-9-7-6-8-12-19(22)17-21(24(26)28)23(27)25-20-13-10-11-18(4-2)16-20;1-3-4-11-19-15-10-8-6-5-7-9-13(15)12-14(17(19)21)16(20)18-2/h2,10-11,13,16-17H,3,5-9,12,14-15H2,1H3,(H,25,27);12H,3-11H2,1-2H3,(H,18,20). The van der Waals surface area contributed by atoms with Crippen molar-refractivity contribution in [1.29, 1.82) is 0 Å². The minimum Gasteiger partial charge on any atom is -0.355 e. The third-order valence-electron chi connectivity index (χ3n) is 9.67. The molecule has 2 heterocycles. The molecule has 0 radical (unpaired) electrons. The lowest BCUT2D eigenvalue weighted by molar-refractivity contribution is 0.0959. The SMILES string of the molecule is C#Cc1cccc(NC(=O)c2cc3c(n(CCCC)c2=O)CCCCCC3)c1.CCCCn1c2c(cc(C(=O)NC)c1=O)CCCCCC2. The van der Waals surface area contributed by atoms with Gasteiger partial charge in [0.25, 0.3) is 22.9 Å². The molecule has 0 saturated carbocycles. The van der Waals surface area contributed by atoms with E-state index in [1.807, 2.05) is 21.3 Å². The Morgan fingerprint density at radius 2 is 1.20 bits per heavy atom. The molecule has 2 amide bonds. The second-order valence-corrected chi connectivity index (χ2v) is 13.3. The van der Waals surface area contributed by atoms with Crippen LogP contribution in [0.2, 0.25) is 0 Å². The van der Waals surface area contributed by atoms with Crippen LogP contribution < -0.4 is 21.8 Å². The van der Waals surface area contributed by atoms with E-state index in [1.54, 1.807) is 31.3 Å². The number of hydrogen-bond acceptors (Lipinski definition) is 4. The Kier molecular flexibility index (Phi) is 14.5. The molecule has 2 aromatic heterocycles. The number of carbonyl (C=O) groups is 2. The van der Waals surface area contributed by atoms with Crippen molar-refractivity contribution in [3.8, 4) is 12.3 Å². The molecular formula is C41H54N4O4.